The molecule has 0 aromatic rings. The predicted molar refractivity (Wildman–Crippen MR) is 60.1 cm³/mol. The highest BCUT2D eigenvalue weighted by atomic mass is 17.2. The molecule has 0 N–H and O–H groups in total. The third kappa shape index (κ3) is 10.0. The fourth-order valence-electron chi connectivity index (χ4n) is 0.911. The lowest BCUT2D eigenvalue weighted by Gasteiger charge is -2.23. The Morgan fingerprint density at radius 2 is 1.50 bits per heavy atom. The van der Waals surface area contributed by atoms with Crippen molar-refractivity contribution >= 4 is 0 Å². The Bertz CT molecular complexity index is 133. The monoisotopic (exact) mass is 202 g/mol. The van der Waals surface area contributed by atoms with Crippen molar-refractivity contribution in [2.24, 2.45) is 5.41 Å². The third-order valence-electron chi connectivity index (χ3n) is 1.76. The molecule has 0 heterocycles. The maximum absolute atomic E-state index is 5.30. The van der Waals surface area contributed by atoms with Crippen LogP contribution in [0.1, 0.15) is 61.3 Å². The second kappa shape index (κ2) is 5.13. The van der Waals surface area contributed by atoms with Gasteiger partial charge >= 0.3 is 0 Å². The van der Waals surface area contributed by atoms with E-state index in [9.17, 15) is 0 Å². The molecule has 0 aromatic carbocycles. The molecule has 0 aliphatic carbocycles. The molecule has 0 amide bonds. The van der Waals surface area contributed by atoms with Crippen molar-refractivity contribution in [2.75, 3.05) is 0 Å². The van der Waals surface area contributed by atoms with E-state index in [4.69, 9.17) is 9.78 Å². The molecule has 0 saturated heterocycles. The highest BCUT2D eigenvalue weighted by Crippen LogP contribution is 2.23. The van der Waals surface area contributed by atoms with Crippen molar-refractivity contribution in [1.29, 1.82) is 0 Å². The van der Waals surface area contributed by atoms with E-state index < -0.39 is 0 Å². The minimum Gasteiger partial charge on any atom is -0.233 e. The standard InChI is InChI=1S/C12H26O2/c1-10(8-9-11(2,3)4)13-14-12(5,6)7/h10H,8-9H2,1-7H3. The van der Waals surface area contributed by atoms with Crippen LogP contribution in [0, 0.1) is 5.41 Å². The largest absolute Gasteiger partial charge is 0.233 e. The summed E-state index contributed by atoms with van der Waals surface area (Å²) < 4.78 is 0. The van der Waals surface area contributed by atoms with Gasteiger partial charge < -0.3 is 0 Å². The normalized spacial score (nSPS) is 15.6. The summed E-state index contributed by atoms with van der Waals surface area (Å²) in [5.74, 6) is 0. The second-order valence-corrected chi connectivity index (χ2v) is 6.20. The van der Waals surface area contributed by atoms with Crippen LogP contribution in [0.2, 0.25) is 0 Å². The summed E-state index contributed by atoms with van der Waals surface area (Å²) in [5, 5.41) is 0. The number of hydrogen-bond donors (Lipinski definition) is 0. The average Bonchev–Trinajstić information content (AvgIpc) is 1.94. The molecule has 1 unspecified atom stereocenters. The Labute approximate surface area is 88.9 Å². The second-order valence-electron chi connectivity index (χ2n) is 6.20. The van der Waals surface area contributed by atoms with Gasteiger partial charge in [-0.15, -0.1) is 0 Å². The van der Waals surface area contributed by atoms with E-state index in [2.05, 4.69) is 27.7 Å². The molecule has 0 aliphatic rings. The Kier molecular flexibility index (Phi) is 5.10. The smallest absolute Gasteiger partial charge is 0.0952 e. The van der Waals surface area contributed by atoms with Gasteiger partial charge in [-0.3, -0.25) is 0 Å². The fraction of sp³-hybridized carbons (Fsp3) is 1.00. The van der Waals surface area contributed by atoms with Crippen molar-refractivity contribution < 1.29 is 9.78 Å². The van der Waals surface area contributed by atoms with Gasteiger partial charge in [0.1, 0.15) is 0 Å². The van der Waals surface area contributed by atoms with Gasteiger partial charge in [-0.25, -0.2) is 9.78 Å². The first-order chi connectivity index (χ1) is 6.10. The summed E-state index contributed by atoms with van der Waals surface area (Å²) in [6, 6.07) is 0. The predicted octanol–water partition coefficient (Wildman–Crippen LogP) is 3.95. The molecule has 0 rings (SSSR count). The molecule has 2 heteroatoms. The quantitative estimate of drug-likeness (QED) is 0.507. The number of hydrogen-bond acceptors (Lipinski definition) is 2. The molecular weight excluding hydrogens is 176 g/mol. The Morgan fingerprint density at radius 3 is 1.86 bits per heavy atom. The van der Waals surface area contributed by atoms with Gasteiger partial charge in [-0.1, -0.05) is 20.8 Å². The molecule has 0 spiro atoms. The Morgan fingerprint density at radius 1 is 1.00 bits per heavy atom. The van der Waals surface area contributed by atoms with Crippen LogP contribution in [0.4, 0.5) is 0 Å². The van der Waals surface area contributed by atoms with E-state index in [1.165, 1.54) is 0 Å². The maximum Gasteiger partial charge on any atom is 0.0952 e. The molecule has 0 aliphatic heterocycles. The van der Waals surface area contributed by atoms with Crippen LogP contribution in [0.5, 0.6) is 0 Å². The summed E-state index contributed by atoms with van der Waals surface area (Å²) in [5.41, 5.74) is 0.162. The minimum atomic E-state index is -0.212. The first-order valence-corrected chi connectivity index (χ1v) is 5.45. The summed E-state index contributed by atoms with van der Waals surface area (Å²) >= 11 is 0. The van der Waals surface area contributed by atoms with Gasteiger partial charge in [-0.2, -0.15) is 0 Å². The van der Waals surface area contributed by atoms with Crippen molar-refractivity contribution in [3.8, 4) is 0 Å². The van der Waals surface area contributed by atoms with E-state index in [1.54, 1.807) is 0 Å². The molecule has 2 nitrogen and oxygen atoms in total. The Hall–Kier alpha value is -0.0800. The molecule has 0 bridgehead atoms. The summed E-state index contributed by atoms with van der Waals surface area (Å²) in [6.45, 7) is 14.7. The molecule has 86 valence electrons. The van der Waals surface area contributed by atoms with Gasteiger partial charge in [0.15, 0.2) is 0 Å². The van der Waals surface area contributed by atoms with Gasteiger partial charge in [0.25, 0.3) is 0 Å². The van der Waals surface area contributed by atoms with Gasteiger partial charge in [0, 0.05) is 0 Å². The van der Waals surface area contributed by atoms with Crippen LogP contribution in [0.3, 0.4) is 0 Å². The van der Waals surface area contributed by atoms with E-state index in [0.29, 0.717) is 5.41 Å². The summed E-state index contributed by atoms with van der Waals surface area (Å²) in [4.78, 5) is 10.6. The van der Waals surface area contributed by atoms with E-state index in [-0.39, 0.29) is 11.7 Å². The number of rotatable bonds is 4. The first-order valence-electron chi connectivity index (χ1n) is 5.45. The topological polar surface area (TPSA) is 18.5 Å². The lowest BCUT2D eigenvalue weighted by atomic mass is 9.89. The van der Waals surface area contributed by atoms with Crippen LogP contribution < -0.4 is 0 Å². The molecule has 0 aromatic heterocycles. The molecule has 14 heavy (non-hydrogen) atoms. The van der Waals surface area contributed by atoms with E-state index >= 15 is 0 Å². The lowest BCUT2D eigenvalue weighted by molar-refractivity contribution is -0.371. The zero-order valence-electron chi connectivity index (χ0n) is 10.8. The SMILES string of the molecule is CC(CCC(C)(C)C)OOC(C)(C)C. The lowest BCUT2D eigenvalue weighted by Crippen LogP contribution is -2.23. The highest BCUT2D eigenvalue weighted by Gasteiger charge is 2.16. The van der Waals surface area contributed by atoms with Gasteiger partial charge in [0.2, 0.25) is 0 Å². The maximum atomic E-state index is 5.30. The molecule has 0 saturated carbocycles. The van der Waals surface area contributed by atoms with Gasteiger partial charge in [-0.05, 0) is 46.0 Å². The van der Waals surface area contributed by atoms with Crippen molar-refractivity contribution in [3.63, 3.8) is 0 Å². The molecule has 0 radical (unpaired) electrons. The van der Waals surface area contributed by atoms with Crippen LogP contribution in [0.25, 0.3) is 0 Å². The van der Waals surface area contributed by atoms with Crippen molar-refractivity contribution in [2.45, 2.75) is 73.0 Å². The third-order valence-corrected chi connectivity index (χ3v) is 1.76. The van der Waals surface area contributed by atoms with E-state index in [1.807, 2.05) is 20.8 Å². The van der Waals surface area contributed by atoms with Crippen molar-refractivity contribution in [1.82, 2.24) is 0 Å². The average molecular weight is 202 g/mol. The molecule has 1 atom stereocenters. The fourth-order valence-corrected chi connectivity index (χ4v) is 0.911. The summed E-state index contributed by atoms with van der Waals surface area (Å²) in [6.07, 6.45) is 2.37. The van der Waals surface area contributed by atoms with E-state index in [0.717, 1.165) is 12.8 Å². The molecule has 0 fully saturated rings. The van der Waals surface area contributed by atoms with Crippen LogP contribution >= 0.6 is 0 Å². The highest BCUT2D eigenvalue weighted by molar-refractivity contribution is 4.63. The van der Waals surface area contributed by atoms with Gasteiger partial charge in [0.05, 0.1) is 11.7 Å². The Balaban J connectivity index is 3.62. The molecular formula is C12H26O2. The van der Waals surface area contributed by atoms with Crippen LogP contribution in [0.15, 0.2) is 0 Å². The minimum absolute atomic E-state index is 0.174. The summed E-state index contributed by atoms with van der Waals surface area (Å²) in [7, 11) is 0. The zero-order chi connectivity index (χ0) is 11.4. The first kappa shape index (κ1) is 13.9. The zero-order valence-corrected chi connectivity index (χ0v) is 10.8. The van der Waals surface area contributed by atoms with Crippen LogP contribution in [-0.2, 0) is 9.78 Å². The van der Waals surface area contributed by atoms with Crippen molar-refractivity contribution in [3.05, 3.63) is 0 Å². The van der Waals surface area contributed by atoms with Crippen LogP contribution in [-0.4, -0.2) is 11.7 Å².